The van der Waals surface area contributed by atoms with Gasteiger partial charge < -0.3 is 5.11 Å². The van der Waals surface area contributed by atoms with Crippen molar-refractivity contribution in [2.45, 2.75) is 38.3 Å². The van der Waals surface area contributed by atoms with Crippen molar-refractivity contribution in [2.24, 2.45) is 0 Å². The van der Waals surface area contributed by atoms with Crippen molar-refractivity contribution in [2.75, 3.05) is 6.54 Å². The first-order chi connectivity index (χ1) is 8.34. The summed E-state index contributed by atoms with van der Waals surface area (Å²) in [5.74, 6) is -0.800. The molecule has 1 N–H and O–H groups in total. The molecule has 0 amide bonds. The summed E-state index contributed by atoms with van der Waals surface area (Å²) in [4.78, 5) is -0.385. The van der Waals surface area contributed by atoms with E-state index in [0.29, 0.717) is 5.56 Å². The Morgan fingerprint density at radius 1 is 1.39 bits per heavy atom. The van der Waals surface area contributed by atoms with Crippen LogP contribution in [0.3, 0.4) is 0 Å². The third-order valence-electron chi connectivity index (χ3n) is 2.65. The Morgan fingerprint density at radius 3 is 2.44 bits per heavy atom. The molecule has 6 heteroatoms. The van der Waals surface area contributed by atoms with Gasteiger partial charge >= 0.3 is 0 Å². The van der Waals surface area contributed by atoms with Gasteiger partial charge in [0, 0.05) is 12.6 Å². The Hall–Kier alpha value is -0.980. The van der Waals surface area contributed by atoms with Crippen molar-refractivity contribution >= 4 is 10.0 Å². The second-order valence-electron chi connectivity index (χ2n) is 4.23. The van der Waals surface area contributed by atoms with E-state index in [4.69, 9.17) is 5.11 Å². The molecule has 0 unspecified atom stereocenters. The molecule has 1 aromatic rings. The Kier molecular flexibility index (Phi) is 4.84. The summed E-state index contributed by atoms with van der Waals surface area (Å²) in [6, 6.07) is 3.35. The number of nitrogens with zero attached hydrogens (tertiary/aromatic N) is 1. The first-order valence-corrected chi connectivity index (χ1v) is 7.19. The predicted octanol–water partition coefficient (Wildman–Crippen LogP) is 1.74. The molecule has 0 spiro atoms. The highest BCUT2D eigenvalue weighted by Crippen LogP contribution is 2.22. The van der Waals surface area contributed by atoms with Gasteiger partial charge in [-0.2, -0.15) is 4.31 Å². The zero-order chi connectivity index (χ0) is 13.9. The standard InChI is InChI=1S/C12H18FNO3S/c1-4-14(9(2)3)18(16,17)12-7-10(8-15)5-6-11(12)13/h5-7,9,15H,4,8H2,1-3H3. The third kappa shape index (κ3) is 2.88. The van der Waals surface area contributed by atoms with E-state index in [-0.39, 0.29) is 24.1 Å². The minimum Gasteiger partial charge on any atom is -0.392 e. The van der Waals surface area contributed by atoms with Gasteiger partial charge in [-0.25, -0.2) is 12.8 Å². The Balaban J connectivity index is 3.35. The van der Waals surface area contributed by atoms with Crippen LogP contribution < -0.4 is 0 Å². The zero-order valence-corrected chi connectivity index (χ0v) is 11.5. The van der Waals surface area contributed by atoms with Crippen LogP contribution in [-0.4, -0.2) is 30.4 Å². The van der Waals surface area contributed by atoms with E-state index in [2.05, 4.69) is 0 Å². The maximum Gasteiger partial charge on any atom is 0.246 e. The second kappa shape index (κ2) is 5.77. The number of hydrogen-bond donors (Lipinski definition) is 1. The summed E-state index contributed by atoms with van der Waals surface area (Å²) in [5.41, 5.74) is 0.370. The van der Waals surface area contributed by atoms with Crippen LogP contribution in [0.1, 0.15) is 26.3 Å². The number of rotatable bonds is 5. The molecule has 0 saturated carbocycles. The Labute approximate surface area is 107 Å². The number of benzene rings is 1. The average Bonchev–Trinajstić information content (AvgIpc) is 2.29. The molecule has 0 fully saturated rings. The van der Waals surface area contributed by atoms with Crippen molar-refractivity contribution in [1.82, 2.24) is 4.31 Å². The normalized spacial score (nSPS) is 12.4. The third-order valence-corrected chi connectivity index (χ3v) is 4.82. The smallest absolute Gasteiger partial charge is 0.246 e. The molecule has 0 bridgehead atoms. The molecule has 0 aliphatic heterocycles. The van der Waals surface area contributed by atoms with Gasteiger partial charge in [0.1, 0.15) is 10.7 Å². The van der Waals surface area contributed by atoms with Crippen LogP contribution in [0, 0.1) is 5.82 Å². The molecule has 0 atom stereocenters. The molecule has 0 aliphatic rings. The number of halogens is 1. The topological polar surface area (TPSA) is 57.6 Å². The Morgan fingerprint density at radius 2 is 2.00 bits per heavy atom. The van der Waals surface area contributed by atoms with Crippen LogP contribution >= 0.6 is 0 Å². The van der Waals surface area contributed by atoms with Crippen molar-refractivity contribution in [1.29, 1.82) is 0 Å². The molecule has 1 rings (SSSR count). The largest absolute Gasteiger partial charge is 0.392 e. The van der Waals surface area contributed by atoms with E-state index in [1.54, 1.807) is 20.8 Å². The van der Waals surface area contributed by atoms with Gasteiger partial charge in [-0.15, -0.1) is 0 Å². The van der Waals surface area contributed by atoms with Gasteiger partial charge in [0.25, 0.3) is 0 Å². The first-order valence-electron chi connectivity index (χ1n) is 5.75. The number of aliphatic hydroxyl groups is 1. The highest BCUT2D eigenvalue weighted by atomic mass is 32.2. The number of sulfonamides is 1. The fourth-order valence-corrected chi connectivity index (χ4v) is 3.55. The molecule has 0 saturated heterocycles. The summed E-state index contributed by atoms with van der Waals surface area (Å²) >= 11 is 0. The zero-order valence-electron chi connectivity index (χ0n) is 10.7. The van der Waals surface area contributed by atoms with E-state index in [9.17, 15) is 12.8 Å². The number of hydrogen-bond acceptors (Lipinski definition) is 3. The van der Waals surface area contributed by atoms with Crippen LogP contribution in [0.4, 0.5) is 4.39 Å². The molecule has 18 heavy (non-hydrogen) atoms. The molecular weight excluding hydrogens is 257 g/mol. The van der Waals surface area contributed by atoms with E-state index in [1.807, 2.05) is 0 Å². The second-order valence-corrected chi connectivity index (χ2v) is 6.08. The fraction of sp³-hybridized carbons (Fsp3) is 0.500. The summed E-state index contributed by atoms with van der Waals surface area (Å²) in [6.07, 6.45) is 0. The molecule has 0 aliphatic carbocycles. The van der Waals surface area contributed by atoms with Crippen LogP contribution in [0.2, 0.25) is 0 Å². The lowest BCUT2D eigenvalue weighted by Crippen LogP contribution is -2.37. The van der Waals surface area contributed by atoms with Crippen molar-refractivity contribution in [3.8, 4) is 0 Å². The van der Waals surface area contributed by atoms with Gasteiger partial charge in [0.2, 0.25) is 10.0 Å². The minimum absolute atomic E-state index is 0.253. The first kappa shape index (κ1) is 15.1. The molecule has 0 aromatic heterocycles. The van der Waals surface area contributed by atoms with Crippen LogP contribution in [0.5, 0.6) is 0 Å². The van der Waals surface area contributed by atoms with Gasteiger partial charge in [-0.05, 0) is 31.5 Å². The fourth-order valence-electron chi connectivity index (χ4n) is 1.78. The predicted molar refractivity (Wildman–Crippen MR) is 67.0 cm³/mol. The van der Waals surface area contributed by atoms with E-state index >= 15 is 0 Å². The Bertz CT molecular complexity index is 514. The van der Waals surface area contributed by atoms with Crippen LogP contribution in [0.15, 0.2) is 23.1 Å². The van der Waals surface area contributed by atoms with E-state index in [1.165, 1.54) is 16.4 Å². The van der Waals surface area contributed by atoms with Gasteiger partial charge in [-0.3, -0.25) is 0 Å². The quantitative estimate of drug-likeness (QED) is 0.890. The monoisotopic (exact) mass is 275 g/mol. The molecule has 0 radical (unpaired) electrons. The highest BCUT2D eigenvalue weighted by Gasteiger charge is 2.28. The maximum absolute atomic E-state index is 13.7. The SMILES string of the molecule is CCN(C(C)C)S(=O)(=O)c1cc(CO)ccc1F. The van der Waals surface area contributed by atoms with E-state index in [0.717, 1.165) is 6.07 Å². The molecule has 1 aromatic carbocycles. The van der Waals surface area contributed by atoms with Gasteiger partial charge in [0.15, 0.2) is 0 Å². The lowest BCUT2D eigenvalue weighted by atomic mass is 10.2. The van der Waals surface area contributed by atoms with Crippen LogP contribution in [0.25, 0.3) is 0 Å². The highest BCUT2D eigenvalue weighted by molar-refractivity contribution is 7.89. The lowest BCUT2D eigenvalue weighted by Gasteiger charge is -2.24. The number of aliphatic hydroxyl groups excluding tert-OH is 1. The van der Waals surface area contributed by atoms with E-state index < -0.39 is 15.8 Å². The minimum atomic E-state index is -3.87. The average molecular weight is 275 g/mol. The summed E-state index contributed by atoms with van der Waals surface area (Å²) in [5, 5.41) is 8.99. The van der Waals surface area contributed by atoms with Crippen LogP contribution in [-0.2, 0) is 16.6 Å². The maximum atomic E-state index is 13.7. The summed E-state index contributed by atoms with van der Waals surface area (Å²) in [7, 11) is -3.87. The van der Waals surface area contributed by atoms with Gasteiger partial charge in [-0.1, -0.05) is 13.0 Å². The summed E-state index contributed by atoms with van der Waals surface area (Å²) < 4.78 is 39.5. The lowest BCUT2D eigenvalue weighted by molar-refractivity contribution is 0.281. The molecule has 0 heterocycles. The summed E-state index contributed by atoms with van der Waals surface area (Å²) in [6.45, 7) is 5.11. The molecule has 102 valence electrons. The van der Waals surface area contributed by atoms with Crippen molar-refractivity contribution in [3.05, 3.63) is 29.6 Å². The molecule has 4 nitrogen and oxygen atoms in total. The van der Waals surface area contributed by atoms with Gasteiger partial charge in [0.05, 0.1) is 6.61 Å². The molecular formula is C12H18FNO3S. The van der Waals surface area contributed by atoms with Crippen molar-refractivity contribution in [3.63, 3.8) is 0 Å². The van der Waals surface area contributed by atoms with Crippen molar-refractivity contribution < 1.29 is 17.9 Å².